The Bertz CT molecular complexity index is 916. The van der Waals surface area contributed by atoms with Crippen molar-refractivity contribution in [2.45, 2.75) is 70.4 Å². The van der Waals surface area contributed by atoms with Crippen molar-refractivity contribution >= 4 is 0 Å². The Morgan fingerprint density at radius 2 is 1.58 bits per heavy atom. The summed E-state index contributed by atoms with van der Waals surface area (Å²) in [5.74, 6) is 0.788. The SMILES string of the molecule is CCCC1CCC2CC(c3ccc(-c4ccc(C(F)(F)F)c(F)c4)c(F)c3)CCC2C1. The van der Waals surface area contributed by atoms with Crippen LogP contribution in [0.3, 0.4) is 0 Å². The van der Waals surface area contributed by atoms with Crippen LogP contribution >= 0.6 is 0 Å². The zero-order valence-electron chi connectivity index (χ0n) is 17.8. The van der Waals surface area contributed by atoms with Crippen molar-refractivity contribution in [3.8, 4) is 11.1 Å². The third-order valence-corrected chi connectivity index (χ3v) is 7.47. The number of fused-ring (bicyclic) bond motifs is 1. The molecule has 0 saturated heterocycles. The smallest absolute Gasteiger partial charge is 0.206 e. The number of halogens is 5. The highest BCUT2D eigenvalue weighted by Gasteiger charge is 2.36. The van der Waals surface area contributed by atoms with E-state index in [0.717, 1.165) is 42.4 Å². The van der Waals surface area contributed by atoms with E-state index in [1.807, 2.05) is 6.07 Å². The third-order valence-electron chi connectivity index (χ3n) is 7.47. The van der Waals surface area contributed by atoms with Gasteiger partial charge in [0.25, 0.3) is 0 Å². The van der Waals surface area contributed by atoms with Crippen LogP contribution in [0.2, 0.25) is 0 Å². The largest absolute Gasteiger partial charge is 0.419 e. The van der Waals surface area contributed by atoms with Gasteiger partial charge >= 0.3 is 6.18 Å². The summed E-state index contributed by atoms with van der Waals surface area (Å²) < 4.78 is 67.2. The van der Waals surface area contributed by atoms with E-state index in [1.165, 1.54) is 44.6 Å². The Morgan fingerprint density at radius 3 is 2.26 bits per heavy atom. The van der Waals surface area contributed by atoms with E-state index >= 15 is 0 Å². The van der Waals surface area contributed by atoms with Crippen molar-refractivity contribution in [2.24, 2.45) is 17.8 Å². The number of rotatable bonds is 4. The van der Waals surface area contributed by atoms with E-state index in [0.29, 0.717) is 17.9 Å². The highest BCUT2D eigenvalue weighted by molar-refractivity contribution is 5.65. The summed E-state index contributed by atoms with van der Waals surface area (Å²) in [5.41, 5.74) is -0.140. The van der Waals surface area contributed by atoms with Gasteiger partial charge in [-0.3, -0.25) is 0 Å². The van der Waals surface area contributed by atoms with E-state index < -0.39 is 23.4 Å². The molecule has 4 atom stereocenters. The Morgan fingerprint density at radius 1 is 0.839 bits per heavy atom. The van der Waals surface area contributed by atoms with Gasteiger partial charge in [-0.15, -0.1) is 0 Å². The summed E-state index contributed by atoms with van der Waals surface area (Å²) in [7, 11) is 0. The van der Waals surface area contributed by atoms with E-state index in [4.69, 9.17) is 0 Å². The van der Waals surface area contributed by atoms with Crippen molar-refractivity contribution in [3.05, 3.63) is 59.2 Å². The summed E-state index contributed by atoms with van der Waals surface area (Å²) in [6.45, 7) is 2.25. The lowest BCUT2D eigenvalue weighted by molar-refractivity contribution is -0.139. The lowest BCUT2D eigenvalue weighted by atomic mass is 9.63. The van der Waals surface area contributed by atoms with Gasteiger partial charge < -0.3 is 0 Å². The lowest BCUT2D eigenvalue weighted by Gasteiger charge is -2.42. The molecule has 0 amide bonds. The second kappa shape index (κ2) is 8.91. The first kappa shape index (κ1) is 22.3. The molecule has 4 unspecified atom stereocenters. The number of hydrogen-bond acceptors (Lipinski definition) is 0. The van der Waals surface area contributed by atoms with Crippen LogP contribution in [-0.4, -0.2) is 0 Å². The maximum absolute atomic E-state index is 14.9. The standard InChI is InChI=1S/C26H29F5/c1-2-3-16-4-5-18-13-19(7-6-17(18)12-16)20-8-10-22(24(27)14-20)21-9-11-23(25(28)15-21)26(29,30)31/h8-11,14-19H,2-7,12-13H2,1H3. The molecule has 0 spiro atoms. The van der Waals surface area contributed by atoms with Crippen LogP contribution in [0, 0.1) is 29.4 Å². The van der Waals surface area contributed by atoms with Gasteiger partial charge in [-0.25, -0.2) is 8.78 Å². The molecule has 4 rings (SSSR count). The monoisotopic (exact) mass is 436 g/mol. The normalized spacial score (nSPS) is 26.5. The van der Waals surface area contributed by atoms with Crippen LogP contribution in [-0.2, 0) is 6.18 Å². The van der Waals surface area contributed by atoms with Crippen molar-refractivity contribution in [3.63, 3.8) is 0 Å². The van der Waals surface area contributed by atoms with E-state index in [1.54, 1.807) is 6.07 Å². The molecule has 0 bridgehead atoms. The van der Waals surface area contributed by atoms with E-state index in [-0.39, 0.29) is 11.1 Å². The number of hydrogen-bond donors (Lipinski definition) is 0. The van der Waals surface area contributed by atoms with Gasteiger partial charge in [0.2, 0.25) is 0 Å². The van der Waals surface area contributed by atoms with Crippen molar-refractivity contribution < 1.29 is 22.0 Å². The highest BCUT2D eigenvalue weighted by Crippen LogP contribution is 2.48. The maximum atomic E-state index is 14.9. The van der Waals surface area contributed by atoms with Gasteiger partial charge in [-0.2, -0.15) is 13.2 Å². The lowest BCUT2D eigenvalue weighted by Crippen LogP contribution is -2.30. The summed E-state index contributed by atoms with van der Waals surface area (Å²) in [5, 5.41) is 0. The summed E-state index contributed by atoms with van der Waals surface area (Å²) in [6, 6.07) is 7.51. The van der Waals surface area contributed by atoms with Gasteiger partial charge in [0.1, 0.15) is 11.6 Å². The fraction of sp³-hybridized carbons (Fsp3) is 0.538. The number of alkyl halides is 3. The van der Waals surface area contributed by atoms with Crippen LogP contribution in [0.5, 0.6) is 0 Å². The first-order chi connectivity index (χ1) is 14.8. The Hall–Kier alpha value is -1.91. The second-order valence-corrected chi connectivity index (χ2v) is 9.43. The highest BCUT2D eigenvalue weighted by atomic mass is 19.4. The van der Waals surface area contributed by atoms with Crippen molar-refractivity contribution in [1.29, 1.82) is 0 Å². The molecule has 2 aliphatic carbocycles. The van der Waals surface area contributed by atoms with Crippen LogP contribution in [0.4, 0.5) is 22.0 Å². The van der Waals surface area contributed by atoms with Crippen LogP contribution in [0.25, 0.3) is 11.1 Å². The molecule has 2 aliphatic rings. The zero-order chi connectivity index (χ0) is 22.2. The van der Waals surface area contributed by atoms with E-state index in [9.17, 15) is 22.0 Å². The minimum atomic E-state index is -4.76. The second-order valence-electron chi connectivity index (χ2n) is 9.43. The molecule has 0 aromatic heterocycles. The minimum absolute atomic E-state index is 0.118. The molecule has 31 heavy (non-hydrogen) atoms. The van der Waals surface area contributed by atoms with Crippen LogP contribution in [0.1, 0.15) is 75.3 Å². The fourth-order valence-corrected chi connectivity index (χ4v) is 5.89. The fourth-order valence-electron chi connectivity index (χ4n) is 5.89. The quantitative estimate of drug-likeness (QED) is 0.420. The molecule has 0 nitrogen and oxygen atoms in total. The van der Waals surface area contributed by atoms with Crippen LogP contribution in [0.15, 0.2) is 36.4 Å². The molecule has 2 aromatic rings. The third kappa shape index (κ3) is 4.80. The maximum Gasteiger partial charge on any atom is 0.419 e. The van der Waals surface area contributed by atoms with Gasteiger partial charge in [-0.1, -0.05) is 44.4 Å². The van der Waals surface area contributed by atoms with Crippen LogP contribution < -0.4 is 0 Å². The molecule has 5 heteroatoms. The first-order valence-electron chi connectivity index (χ1n) is 11.4. The minimum Gasteiger partial charge on any atom is -0.206 e. The molecule has 2 fully saturated rings. The Labute approximate surface area is 180 Å². The molecule has 168 valence electrons. The average Bonchev–Trinajstić information content (AvgIpc) is 2.72. The predicted molar refractivity (Wildman–Crippen MR) is 113 cm³/mol. The summed E-state index contributed by atoms with van der Waals surface area (Å²) in [4.78, 5) is 0. The van der Waals surface area contributed by atoms with Crippen molar-refractivity contribution in [2.75, 3.05) is 0 Å². The molecule has 0 N–H and O–H groups in total. The van der Waals surface area contributed by atoms with E-state index in [2.05, 4.69) is 6.92 Å². The van der Waals surface area contributed by atoms with Gasteiger partial charge in [0, 0.05) is 5.56 Å². The molecule has 2 saturated carbocycles. The number of benzene rings is 2. The molecule has 2 aromatic carbocycles. The molecular formula is C26H29F5. The molecule has 0 heterocycles. The van der Waals surface area contributed by atoms with Gasteiger partial charge in [0.05, 0.1) is 5.56 Å². The van der Waals surface area contributed by atoms with Crippen molar-refractivity contribution in [1.82, 2.24) is 0 Å². The topological polar surface area (TPSA) is 0 Å². The van der Waals surface area contributed by atoms with Gasteiger partial charge in [0.15, 0.2) is 0 Å². The first-order valence-corrected chi connectivity index (χ1v) is 11.4. The predicted octanol–water partition coefficient (Wildman–Crippen LogP) is 8.75. The molecule has 0 aliphatic heterocycles. The average molecular weight is 437 g/mol. The van der Waals surface area contributed by atoms with Gasteiger partial charge in [-0.05, 0) is 85.1 Å². The molecule has 0 radical (unpaired) electrons. The summed E-state index contributed by atoms with van der Waals surface area (Å²) >= 11 is 0. The zero-order valence-corrected chi connectivity index (χ0v) is 17.8. The molecular weight excluding hydrogens is 407 g/mol. The Kier molecular flexibility index (Phi) is 6.41. The Balaban J connectivity index is 1.48. The summed E-state index contributed by atoms with van der Waals surface area (Å²) in [6.07, 6.45) is 5.01.